The van der Waals surface area contributed by atoms with Crippen LogP contribution in [0.5, 0.6) is 0 Å². The van der Waals surface area contributed by atoms with Gasteiger partial charge in [0.2, 0.25) is 5.91 Å². The van der Waals surface area contributed by atoms with Gasteiger partial charge >= 0.3 is 5.97 Å². The topological polar surface area (TPSA) is 64.6 Å². The number of carbonyl (C=O) groups excluding carboxylic acids is 2. The van der Waals surface area contributed by atoms with E-state index < -0.39 is 29.1 Å². The summed E-state index contributed by atoms with van der Waals surface area (Å²) in [7, 11) is 2.58. The predicted molar refractivity (Wildman–Crippen MR) is 67.4 cm³/mol. The molecule has 0 bridgehead atoms. The van der Waals surface area contributed by atoms with Crippen molar-refractivity contribution < 1.29 is 27.8 Å². The maximum atomic E-state index is 13.5. The third-order valence-corrected chi connectivity index (χ3v) is 2.49. The lowest BCUT2D eigenvalue weighted by Gasteiger charge is -2.09. The molecule has 0 aliphatic carbocycles. The van der Waals surface area contributed by atoms with E-state index >= 15 is 0 Å². The van der Waals surface area contributed by atoms with E-state index in [0.29, 0.717) is 19.1 Å². The van der Waals surface area contributed by atoms with Crippen molar-refractivity contribution in [1.29, 1.82) is 0 Å². The van der Waals surface area contributed by atoms with Crippen LogP contribution in [0.1, 0.15) is 23.2 Å². The van der Waals surface area contributed by atoms with Crippen LogP contribution in [0.4, 0.5) is 14.5 Å². The number of hydrogen-bond acceptors (Lipinski definition) is 4. The van der Waals surface area contributed by atoms with E-state index in [1.807, 2.05) is 0 Å². The second kappa shape index (κ2) is 7.54. The summed E-state index contributed by atoms with van der Waals surface area (Å²) >= 11 is 0. The van der Waals surface area contributed by atoms with Crippen LogP contribution in [-0.2, 0) is 14.3 Å². The number of ether oxygens (including phenoxy) is 2. The summed E-state index contributed by atoms with van der Waals surface area (Å²) in [6, 6.07) is 1.43. The van der Waals surface area contributed by atoms with Crippen molar-refractivity contribution in [2.45, 2.75) is 12.8 Å². The third kappa shape index (κ3) is 4.27. The molecule has 0 aliphatic rings. The van der Waals surface area contributed by atoms with E-state index in [2.05, 4.69) is 10.1 Å². The van der Waals surface area contributed by atoms with Gasteiger partial charge in [0.1, 0.15) is 11.6 Å². The molecule has 0 saturated carbocycles. The van der Waals surface area contributed by atoms with Crippen molar-refractivity contribution in [3.8, 4) is 0 Å². The van der Waals surface area contributed by atoms with Crippen LogP contribution in [0.3, 0.4) is 0 Å². The van der Waals surface area contributed by atoms with Gasteiger partial charge in [0.05, 0.1) is 18.4 Å². The Bertz CT molecular complexity index is 505. The van der Waals surface area contributed by atoms with Gasteiger partial charge in [-0.1, -0.05) is 0 Å². The zero-order valence-corrected chi connectivity index (χ0v) is 11.2. The average molecular weight is 287 g/mol. The van der Waals surface area contributed by atoms with Crippen molar-refractivity contribution >= 4 is 17.6 Å². The summed E-state index contributed by atoms with van der Waals surface area (Å²) in [5, 5.41) is 2.27. The van der Waals surface area contributed by atoms with Crippen molar-refractivity contribution in [3.05, 3.63) is 29.3 Å². The summed E-state index contributed by atoms with van der Waals surface area (Å²) in [5.41, 5.74) is -0.713. The molecule has 0 saturated heterocycles. The summed E-state index contributed by atoms with van der Waals surface area (Å²) in [6.45, 7) is 0.396. The van der Waals surface area contributed by atoms with Crippen LogP contribution >= 0.6 is 0 Å². The minimum atomic E-state index is -1.05. The molecule has 0 radical (unpaired) electrons. The van der Waals surface area contributed by atoms with Crippen molar-refractivity contribution in [1.82, 2.24) is 0 Å². The summed E-state index contributed by atoms with van der Waals surface area (Å²) in [4.78, 5) is 22.8. The number of amides is 1. The Kier molecular flexibility index (Phi) is 6.05. The summed E-state index contributed by atoms with van der Waals surface area (Å²) in [5.74, 6) is -3.41. The molecule has 110 valence electrons. The van der Waals surface area contributed by atoms with Gasteiger partial charge in [0.15, 0.2) is 0 Å². The quantitative estimate of drug-likeness (QED) is 0.643. The number of nitrogens with one attached hydrogen (secondary N) is 1. The van der Waals surface area contributed by atoms with E-state index in [1.165, 1.54) is 7.11 Å². The van der Waals surface area contributed by atoms with Gasteiger partial charge in [-0.3, -0.25) is 4.79 Å². The van der Waals surface area contributed by atoms with Crippen molar-refractivity contribution in [3.63, 3.8) is 0 Å². The molecule has 0 atom stereocenters. The van der Waals surface area contributed by atoms with Gasteiger partial charge in [0, 0.05) is 26.2 Å². The van der Waals surface area contributed by atoms with E-state index in [-0.39, 0.29) is 12.1 Å². The molecule has 0 heterocycles. The van der Waals surface area contributed by atoms with Crippen LogP contribution in [0, 0.1) is 11.6 Å². The van der Waals surface area contributed by atoms with E-state index in [9.17, 15) is 18.4 Å². The smallest absolute Gasteiger partial charge is 0.340 e. The monoisotopic (exact) mass is 287 g/mol. The molecule has 0 spiro atoms. The van der Waals surface area contributed by atoms with Gasteiger partial charge in [-0.05, 0) is 12.5 Å². The number of anilines is 1. The highest BCUT2D eigenvalue weighted by atomic mass is 19.1. The number of esters is 1. The zero-order chi connectivity index (χ0) is 15.1. The van der Waals surface area contributed by atoms with Gasteiger partial charge in [0.25, 0.3) is 0 Å². The number of methoxy groups -OCH3 is 2. The first kappa shape index (κ1) is 16.0. The highest BCUT2D eigenvalue weighted by molar-refractivity contribution is 5.94. The first-order valence-electron chi connectivity index (χ1n) is 5.85. The van der Waals surface area contributed by atoms with Crippen LogP contribution in [0.25, 0.3) is 0 Å². The first-order chi connectivity index (χ1) is 9.49. The standard InChI is InChI=1S/C13H15F2NO4/c1-19-5-3-4-12(17)16-11-6-8(13(18)20-2)9(14)7-10(11)15/h6-7H,3-5H2,1-2H3,(H,16,17). The lowest BCUT2D eigenvalue weighted by atomic mass is 10.1. The van der Waals surface area contributed by atoms with Gasteiger partial charge in [-0.2, -0.15) is 0 Å². The lowest BCUT2D eigenvalue weighted by molar-refractivity contribution is -0.116. The molecule has 0 aliphatic heterocycles. The van der Waals surface area contributed by atoms with E-state index in [1.54, 1.807) is 0 Å². The molecule has 1 N–H and O–H groups in total. The molecule has 0 unspecified atom stereocenters. The maximum absolute atomic E-state index is 13.5. The summed E-state index contributed by atoms with van der Waals surface area (Å²) in [6.07, 6.45) is 0.590. The largest absolute Gasteiger partial charge is 0.465 e. The molecule has 20 heavy (non-hydrogen) atoms. The minimum absolute atomic E-state index is 0.123. The van der Waals surface area contributed by atoms with Gasteiger partial charge in [-0.25, -0.2) is 13.6 Å². The molecule has 0 fully saturated rings. The number of carbonyl (C=O) groups is 2. The number of benzene rings is 1. The molecule has 5 nitrogen and oxygen atoms in total. The Hall–Kier alpha value is -2.02. The predicted octanol–water partition coefficient (Wildman–Crippen LogP) is 2.12. The highest BCUT2D eigenvalue weighted by Gasteiger charge is 2.17. The van der Waals surface area contributed by atoms with Gasteiger partial charge in [-0.15, -0.1) is 0 Å². The van der Waals surface area contributed by atoms with Gasteiger partial charge < -0.3 is 14.8 Å². The fourth-order valence-electron chi connectivity index (χ4n) is 1.50. The van der Waals surface area contributed by atoms with Crippen molar-refractivity contribution in [2.24, 2.45) is 0 Å². The third-order valence-electron chi connectivity index (χ3n) is 2.49. The molecule has 1 rings (SSSR count). The Morgan fingerprint density at radius 3 is 2.50 bits per heavy atom. The average Bonchev–Trinajstić information content (AvgIpc) is 2.41. The first-order valence-corrected chi connectivity index (χ1v) is 5.85. The molecular weight excluding hydrogens is 272 g/mol. The molecule has 7 heteroatoms. The molecular formula is C13H15F2NO4. The van der Waals surface area contributed by atoms with Crippen LogP contribution in [-0.4, -0.2) is 32.7 Å². The molecule has 0 aromatic heterocycles. The van der Waals surface area contributed by atoms with E-state index in [0.717, 1.165) is 13.2 Å². The molecule has 1 aromatic carbocycles. The number of hydrogen-bond donors (Lipinski definition) is 1. The second-order valence-electron chi connectivity index (χ2n) is 3.95. The van der Waals surface area contributed by atoms with E-state index in [4.69, 9.17) is 4.74 Å². The Morgan fingerprint density at radius 1 is 1.20 bits per heavy atom. The van der Waals surface area contributed by atoms with Crippen LogP contribution in [0.2, 0.25) is 0 Å². The Morgan fingerprint density at radius 2 is 1.90 bits per heavy atom. The SMILES string of the molecule is COCCCC(=O)Nc1cc(C(=O)OC)c(F)cc1F. The molecule has 1 amide bonds. The zero-order valence-electron chi connectivity index (χ0n) is 11.2. The summed E-state index contributed by atoms with van der Waals surface area (Å²) < 4.78 is 36.0. The van der Waals surface area contributed by atoms with Crippen LogP contribution < -0.4 is 5.32 Å². The second-order valence-corrected chi connectivity index (χ2v) is 3.95. The number of halogens is 2. The van der Waals surface area contributed by atoms with Crippen LogP contribution in [0.15, 0.2) is 12.1 Å². The Labute approximate surface area is 114 Å². The maximum Gasteiger partial charge on any atom is 0.340 e. The molecule has 1 aromatic rings. The fourth-order valence-corrected chi connectivity index (χ4v) is 1.50. The normalized spacial score (nSPS) is 10.2. The fraction of sp³-hybridized carbons (Fsp3) is 0.385. The highest BCUT2D eigenvalue weighted by Crippen LogP contribution is 2.20. The Balaban J connectivity index is 2.84. The number of rotatable bonds is 6. The lowest BCUT2D eigenvalue weighted by Crippen LogP contribution is -2.15. The minimum Gasteiger partial charge on any atom is -0.465 e. The van der Waals surface area contributed by atoms with Crippen molar-refractivity contribution in [2.75, 3.05) is 26.1 Å².